The Morgan fingerprint density at radius 2 is 2.24 bits per heavy atom. The van der Waals surface area contributed by atoms with Crippen LogP contribution in [0.3, 0.4) is 0 Å². The highest BCUT2D eigenvalue weighted by atomic mass is 32.2. The topological polar surface area (TPSA) is 84.5 Å². The lowest BCUT2D eigenvalue weighted by Crippen LogP contribution is -2.48. The van der Waals surface area contributed by atoms with E-state index in [9.17, 15) is 13.2 Å². The molecular formula is C10H20N2O4S. The number of nitrogens with one attached hydrogen (secondary N) is 2. The molecule has 1 aliphatic heterocycles. The van der Waals surface area contributed by atoms with Crippen molar-refractivity contribution in [3.05, 3.63) is 0 Å². The molecule has 1 atom stereocenters. The molecule has 1 saturated heterocycles. The van der Waals surface area contributed by atoms with Crippen LogP contribution in [0.4, 0.5) is 0 Å². The summed E-state index contributed by atoms with van der Waals surface area (Å²) in [5.41, 5.74) is -0.437. The van der Waals surface area contributed by atoms with Crippen molar-refractivity contribution in [2.45, 2.75) is 32.2 Å². The van der Waals surface area contributed by atoms with Crippen molar-refractivity contribution in [2.24, 2.45) is 0 Å². The predicted octanol–water partition coefficient (Wildman–Crippen LogP) is -0.389. The molecule has 6 nitrogen and oxygen atoms in total. The minimum absolute atomic E-state index is 0.104. The van der Waals surface area contributed by atoms with Crippen LogP contribution in [-0.4, -0.2) is 45.4 Å². The first kappa shape index (κ1) is 14.4. The van der Waals surface area contributed by atoms with E-state index in [1.807, 2.05) is 6.92 Å². The maximum absolute atomic E-state index is 11.8. The zero-order valence-corrected chi connectivity index (χ0v) is 11.1. The van der Waals surface area contributed by atoms with Crippen LogP contribution in [0.5, 0.6) is 0 Å². The summed E-state index contributed by atoms with van der Waals surface area (Å²) < 4.78 is 30.8. The summed E-state index contributed by atoms with van der Waals surface area (Å²) >= 11 is 0. The highest BCUT2D eigenvalue weighted by molar-refractivity contribution is 7.89. The Labute approximate surface area is 102 Å². The zero-order chi connectivity index (χ0) is 12.9. The van der Waals surface area contributed by atoms with Gasteiger partial charge in [-0.3, -0.25) is 4.79 Å². The van der Waals surface area contributed by atoms with E-state index in [-0.39, 0.29) is 18.8 Å². The van der Waals surface area contributed by atoms with Gasteiger partial charge < -0.3 is 10.1 Å². The second-order valence-corrected chi connectivity index (χ2v) is 6.31. The molecule has 2 N–H and O–H groups in total. The third kappa shape index (κ3) is 5.01. The van der Waals surface area contributed by atoms with Gasteiger partial charge >= 0.3 is 5.97 Å². The fraction of sp³-hybridized carbons (Fsp3) is 0.900. The highest BCUT2D eigenvalue weighted by Crippen LogP contribution is 2.14. The lowest BCUT2D eigenvalue weighted by atomic mass is 10.0. The quantitative estimate of drug-likeness (QED) is 0.638. The van der Waals surface area contributed by atoms with E-state index in [1.54, 1.807) is 6.92 Å². The Kier molecular flexibility index (Phi) is 4.91. The van der Waals surface area contributed by atoms with E-state index < -0.39 is 21.5 Å². The fourth-order valence-electron chi connectivity index (χ4n) is 1.78. The smallest absolute Gasteiger partial charge is 0.306 e. The number of hydrogen-bond donors (Lipinski definition) is 2. The van der Waals surface area contributed by atoms with E-state index in [2.05, 4.69) is 14.8 Å². The molecule has 0 radical (unpaired) electrons. The maximum atomic E-state index is 11.8. The molecule has 100 valence electrons. The molecule has 0 aromatic rings. The molecule has 1 fully saturated rings. The van der Waals surface area contributed by atoms with Gasteiger partial charge in [0.25, 0.3) is 0 Å². The number of carbonyl (C=O) groups is 1. The van der Waals surface area contributed by atoms with Crippen molar-refractivity contribution >= 4 is 16.0 Å². The predicted molar refractivity (Wildman–Crippen MR) is 64.1 cm³/mol. The lowest BCUT2D eigenvalue weighted by molar-refractivity contribution is -0.142. The van der Waals surface area contributed by atoms with E-state index >= 15 is 0 Å². The van der Waals surface area contributed by atoms with E-state index in [0.29, 0.717) is 6.54 Å². The Bertz CT molecular complexity index is 361. The first-order chi connectivity index (χ1) is 7.87. The molecule has 0 bridgehead atoms. The summed E-state index contributed by atoms with van der Waals surface area (Å²) in [7, 11) is -3.43. The molecule has 0 aliphatic carbocycles. The van der Waals surface area contributed by atoms with Gasteiger partial charge in [-0.15, -0.1) is 0 Å². The SMILES string of the molecule is CCOC(=O)CCS(=O)(=O)NC1(C)CCNC1. The van der Waals surface area contributed by atoms with Crippen LogP contribution in [0.25, 0.3) is 0 Å². The zero-order valence-electron chi connectivity index (χ0n) is 10.3. The van der Waals surface area contributed by atoms with Crippen LogP contribution < -0.4 is 10.0 Å². The van der Waals surface area contributed by atoms with Crippen molar-refractivity contribution < 1.29 is 17.9 Å². The first-order valence-corrected chi connectivity index (χ1v) is 7.40. The Morgan fingerprint density at radius 1 is 1.53 bits per heavy atom. The number of ether oxygens (including phenoxy) is 1. The van der Waals surface area contributed by atoms with Crippen LogP contribution in [-0.2, 0) is 19.6 Å². The molecule has 1 heterocycles. The second-order valence-electron chi connectivity index (χ2n) is 4.46. The Morgan fingerprint density at radius 3 is 2.76 bits per heavy atom. The van der Waals surface area contributed by atoms with Crippen molar-refractivity contribution in [3.8, 4) is 0 Å². The fourth-order valence-corrected chi connectivity index (χ4v) is 3.24. The monoisotopic (exact) mass is 264 g/mol. The molecule has 17 heavy (non-hydrogen) atoms. The molecule has 1 unspecified atom stereocenters. The Hall–Kier alpha value is -0.660. The maximum Gasteiger partial charge on any atom is 0.306 e. The normalized spacial score (nSPS) is 24.8. The van der Waals surface area contributed by atoms with Gasteiger partial charge in [-0.05, 0) is 26.8 Å². The third-order valence-electron chi connectivity index (χ3n) is 2.65. The molecule has 1 rings (SSSR count). The van der Waals surface area contributed by atoms with Gasteiger partial charge in [-0.25, -0.2) is 13.1 Å². The summed E-state index contributed by atoms with van der Waals surface area (Å²) in [4.78, 5) is 11.1. The molecule has 0 amide bonds. The standard InChI is InChI=1S/C10H20N2O4S/c1-3-16-9(13)4-7-17(14,15)12-10(2)5-6-11-8-10/h11-12H,3-8H2,1-2H3. The van der Waals surface area contributed by atoms with E-state index in [4.69, 9.17) is 0 Å². The van der Waals surface area contributed by atoms with Crippen LogP contribution in [0.1, 0.15) is 26.7 Å². The summed E-state index contributed by atoms with van der Waals surface area (Å²) in [6, 6.07) is 0. The molecular weight excluding hydrogens is 244 g/mol. The van der Waals surface area contributed by atoms with E-state index in [0.717, 1.165) is 13.0 Å². The number of carbonyl (C=O) groups excluding carboxylic acids is 1. The number of sulfonamides is 1. The first-order valence-electron chi connectivity index (χ1n) is 5.75. The minimum Gasteiger partial charge on any atom is -0.466 e. The van der Waals surface area contributed by atoms with E-state index in [1.165, 1.54) is 0 Å². The van der Waals surface area contributed by atoms with Gasteiger partial charge in [0.2, 0.25) is 10.0 Å². The average molecular weight is 264 g/mol. The molecule has 0 aromatic heterocycles. The molecule has 0 saturated carbocycles. The van der Waals surface area contributed by atoms with Gasteiger partial charge in [0.15, 0.2) is 0 Å². The average Bonchev–Trinajstić information content (AvgIpc) is 2.61. The van der Waals surface area contributed by atoms with Gasteiger partial charge in [0, 0.05) is 12.1 Å². The van der Waals surface area contributed by atoms with Gasteiger partial charge in [-0.1, -0.05) is 0 Å². The van der Waals surface area contributed by atoms with Crippen molar-refractivity contribution in [2.75, 3.05) is 25.4 Å². The van der Waals surface area contributed by atoms with Gasteiger partial charge in [-0.2, -0.15) is 0 Å². The number of rotatable bonds is 6. The number of hydrogen-bond acceptors (Lipinski definition) is 5. The largest absolute Gasteiger partial charge is 0.466 e. The second kappa shape index (κ2) is 5.79. The van der Waals surface area contributed by atoms with Gasteiger partial charge in [0.1, 0.15) is 0 Å². The number of esters is 1. The van der Waals surface area contributed by atoms with Crippen molar-refractivity contribution in [3.63, 3.8) is 0 Å². The molecule has 0 aromatic carbocycles. The van der Waals surface area contributed by atoms with Crippen LogP contribution in [0, 0.1) is 0 Å². The summed E-state index contributed by atoms with van der Waals surface area (Å²) in [5, 5.41) is 3.10. The lowest BCUT2D eigenvalue weighted by Gasteiger charge is -2.23. The van der Waals surface area contributed by atoms with Crippen molar-refractivity contribution in [1.82, 2.24) is 10.0 Å². The molecule has 1 aliphatic rings. The molecule has 7 heteroatoms. The van der Waals surface area contributed by atoms with Crippen LogP contribution in [0.2, 0.25) is 0 Å². The summed E-state index contributed by atoms with van der Waals surface area (Å²) in [6.07, 6.45) is 0.651. The Balaban J connectivity index is 2.43. The third-order valence-corrected chi connectivity index (χ3v) is 4.20. The molecule has 0 spiro atoms. The van der Waals surface area contributed by atoms with Crippen LogP contribution in [0.15, 0.2) is 0 Å². The minimum atomic E-state index is -3.43. The van der Waals surface area contributed by atoms with Crippen molar-refractivity contribution in [1.29, 1.82) is 0 Å². The van der Waals surface area contributed by atoms with Gasteiger partial charge in [0.05, 0.1) is 18.8 Å². The highest BCUT2D eigenvalue weighted by Gasteiger charge is 2.32. The summed E-state index contributed by atoms with van der Waals surface area (Å²) in [6.45, 7) is 5.24. The van der Waals surface area contributed by atoms with Crippen LogP contribution >= 0.6 is 0 Å². The summed E-state index contributed by atoms with van der Waals surface area (Å²) in [5.74, 6) is -0.700.